The number of methoxy groups -OCH3 is 2. The third kappa shape index (κ3) is 4.29. The first-order valence-corrected chi connectivity index (χ1v) is 10.1. The quantitative estimate of drug-likeness (QED) is 0.796. The third-order valence-corrected chi connectivity index (χ3v) is 5.70. The molecule has 0 spiro atoms. The Labute approximate surface area is 172 Å². The summed E-state index contributed by atoms with van der Waals surface area (Å²) < 4.78 is 10.8. The van der Waals surface area contributed by atoms with Gasteiger partial charge < -0.3 is 19.7 Å². The van der Waals surface area contributed by atoms with Gasteiger partial charge in [-0.15, -0.1) is 0 Å². The molecule has 2 aliphatic rings. The van der Waals surface area contributed by atoms with Gasteiger partial charge in [0.1, 0.15) is 22.8 Å². The second kappa shape index (κ2) is 8.29. The molecule has 154 valence electrons. The zero-order valence-corrected chi connectivity index (χ0v) is 17.4. The van der Waals surface area contributed by atoms with E-state index in [0.29, 0.717) is 0 Å². The molecule has 7 nitrogen and oxygen atoms in total. The van der Waals surface area contributed by atoms with E-state index >= 15 is 0 Å². The summed E-state index contributed by atoms with van der Waals surface area (Å²) in [5, 5.41) is 12.5. The maximum Gasteiger partial charge on any atom is 0.149 e. The molecule has 7 heteroatoms. The smallest absolute Gasteiger partial charge is 0.149 e. The summed E-state index contributed by atoms with van der Waals surface area (Å²) in [6, 6.07) is 14.1. The molecule has 2 aromatic carbocycles. The lowest BCUT2D eigenvalue weighted by Gasteiger charge is -2.38. The molecule has 2 aliphatic heterocycles. The minimum Gasteiger partial charge on any atom is -0.497 e. The molecule has 1 N–H and O–H groups in total. The molecular formula is C22H29N5O2. The minimum atomic E-state index is -0.404. The summed E-state index contributed by atoms with van der Waals surface area (Å²) in [4.78, 5) is 4.90. The molecule has 0 amide bonds. The number of nitrogens with zero attached hydrogens (tertiary/aromatic N) is 4. The first-order chi connectivity index (χ1) is 14.1. The molecule has 2 heterocycles. The number of hydrogen-bond donors (Lipinski definition) is 1. The molecule has 0 saturated carbocycles. The first-order valence-electron chi connectivity index (χ1n) is 10.1. The van der Waals surface area contributed by atoms with Crippen LogP contribution in [0.5, 0.6) is 11.5 Å². The summed E-state index contributed by atoms with van der Waals surface area (Å²) in [5.41, 5.74) is 2.60. The van der Waals surface area contributed by atoms with Crippen LogP contribution in [0.4, 0.5) is 17.1 Å². The fourth-order valence-electron chi connectivity index (χ4n) is 3.90. The van der Waals surface area contributed by atoms with Gasteiger partial charge >= 0.3 is 0 Å². The van der Waals surface area contributed by atoms with Crippen molar-refractivity contribution >= 4 is 17.1 Å². The molecule has 29 heavy (non-hydrogen) atoms. The fraction of sp³-hybridized carbons (Fsp3) is 0.455. The van der Waals surface area contributed by atoms with Crippen LogP contribution in [0.25, 0.3) is 0 Å². The van der Waals surface area contributed by atoms with Crippen LogP contribution >= 0.6 is 0 Å². The summed E-state index contributed by atoms with van der Waals surface area (Å²) >= 11 is 0. The first kappa shape index (κ1) is 19.5. The van der Waals surface area contributed by atoms with Crippen LogP contribution in [-0.4, -0.2) is 57.5 Å². The zero-order valence-electron chi connectivity index (χ0n) is 17.4. The van der Waals surface area contributed by atoms with Crippen molar-refractivity contribution in [3.63, 3.8) is 0 Å². The van der Waals surface area contributed by atoms with Crippen LogP contribution in [0.2, 0.25) is 0 Å². The Balaban J connectivity index is 1.32. The number of hydrogen-bond acceptors (Lipinski definition) is 7. The van der Waals surface area contributed by atoms with Crippen molar-refractivity contribution in [2.24, 2.45) is 10.2 Å². The van der Waals surface area contributed by atoms with Crippen LogP contribution in [0.3, 0.4) is 0 Å². The second-order valence-corrected chi connectivity index (χ2v) is 7.73. The van der Waals surface area contributed by atoms with Gasteiger partial charge in [0.25, 0.3) is 0 Å². The van der Waals surface area contributed by atoms with Gasteiger partial charge in [0.15, 0.2) is 0 Å². The van der Waals surface area contributed by atoms with Crippen LogP contribution < -0.4 is 19.7 Å². The molecule has 0 aromatic heterocycles. The molecular weight excluding hydrogens is 366 g/mol. The van der Waals surface area contributed by atoms with Crippen molar-refractivity contribution in [2.45, 2.75) is 19.0 Å². The summed E-state index contributed by atoms with van der Waals surface area (Å²) in [5.74, 6) is 1.76. The topological polar surface area (TPSA) is 61.7 Å². The van der Waals surface area contributed by atoms with Crippen molar-refractivity contribution in [3.8, 4) is 11.5 Å². The molecule has 0 aliphatic carbocycles. The van der Waals surface area contributed by atoms with Gasteiger partial charge in [-0.05, 0) is 31.2 Å². The lowest BCUT2D eigenvalue weighted by Crippen LogP contribution is -2.48. The maximum absolute atomic E-state index is 5.52. The predicted molar refractivity (Wildman–Crippen MR) is 116 cm³/mol. The van der Waals surface area contributed by atoms with Crippen LogP contribution in [0.1, 0.15) is 13.3 Å². The van der Waals surface area contributed by atoms with Gasteiger partial charge in [-0.3, -0.25) is 4.90 Å². The third-order valence-electron chi connectivity index (χ3n) is 5.70. The van der Waals surface area contributed by atoms with E-state index < -0.39 is 5.66 Å². The van der Waals surface area contributed by atoms with Gasteiger partial charge in [0.05, 0.1) is 25.6 Å². The Morgan fingerprint density at radius 2 is 1.83 bits per heavy atom. The van der Waals surface area contributed by atoms with E-state index in [4.69, 9.17) is 9.47 Å². The molecule has 1 fully saturated rings. The van der Waals surface area contributed by atoms with Gasteiger partial charge in [0, 0.05) is 45.2 Å². The van der Waals surface area contributed by atoms with Gasteiger partial charge in [-0.25, -0.2) is 0 Å². The number of benzene rings is 2. The number of nitrogens with one attached hydrogen (secondary N) is 1. The van der Waals surface area contributed by atoms with Gasteiger partial charge in [0.2, 0.25) is 0 Å². The molecule has 4 rings (SSSR count). The highest BCUT2D eigenvalue weighted by Crippen LogP contribution is 2.37. The summed E-state index contributed by atoms with van der Waals surface area (Å²) in [6.45, 7) is 7.11. The van der Waals surface area contributed by atoms with E-state index in [1.54, 1.807) is 14.2 Å². The normalized spacial score (nSPS) is 21.4. The number of fused-ring (bicyclic) bond motifs is 1. The van der Waals surface area contributed by atoms with E-state index in [9.17, 15) is 0 Å². The molecule has 0 bridgehead atoms. The molecule has 1 saturated heterocycles. The number of ether oxygens (including phenoxy) is 2. The predicted octanol–water partition coefficient (Wildman–Crippen LogP) is 4.14. The SMILES string of the molecule is COc1ccc2c(c1)NC(C)(CCN1CCN(c3ccccc3OC)CC1)N=N2. The monoisotopic (exact) mass is 395 g/mol. The van der Waals surface area contributed by atoms with E-state index in [1.807, 2.05) is 30.3 Å². The molecule has 2 aromatic rings. The number of azo groups is 1. The van der Waals surface area contributed by atoms with Crippen molar-refractivity contribution in [3.05, 3.63) is 42.5 Å². The van der Waals surface area contributed by atoms with Crippen molar-refractivity contribution < 1.29 is 9.47 Å². The van der Waals surface area contributed by atoms with Crippen molar-refractivity contribution in [2.75, 3.05) is 57.2 Å². The highest BCUT2D eigenvalue weighted by Gasteiger charge is 2.29. The highest BCUT2D eigenvalue weighted by molar-refractivity contribution is 5.69. The van der Waals surface area contributed by atoms with E-state index in [-0.39, 0.29) is 0 Å². The van der Waals surface area contributed by atoms with Crippen LogP contribution in [0.15, 0.2) is 52.7 Å². The lowest BCUT2D eigenvalue weighted by molar-refractivity contribution is 0.235. The summed E-state index contributed by atoms with van der Waals surface area (Å²) in [6.07, 6.45) is 0.891. The van der Waals surface area contributed by atoms with Gasteiger partial charge in [-0.1, -0.05) is 12.1 Å². The van der Waals surface area contributed by atoms with E-state index in [1.165, 1.54) is 5.69 Å². The Hall–Kier alpha value is -2.80. The van der Waals surface area contributed by atoms with Crippen molar-refractivity contribution in [1.82, 2.24) is 4.90 Å². The average Bonchev–Trinajstić information content (AvgIpc) is 2.77. The second-order valence-electron chi connectivity index (χ2n) is 7.73. The Morgan fingerprint density at radius 1 is 1.03 bits per heavy atom. The molecule has 0 radical (unpaired) electrons. The Bertz CT molecular complexity index is 879. The molecule has 1 atom stereocenters. The Morgan fingerprint density at radius 3 is 2.59 bits per heavy atom. The fourth-order valence-corrected chi connectivity index (χ4v) is 3.90. The minimum absolute atomic E-state index is 0.404. The van der Waals surface area contributed by atoms with Gasteiger partial charge in [-0.2, -0.15) is 10.2 Å². The van der Waals surface area contributed by atoms with Crippen LogP contribution in [0, 0.1) is 0 Å². The number of rotatable bonds is 6. The number of anilines is 2. The van der Waals surface area contributed by atoms with Crippen molar-refractivity contribution in [1.29, 1.82) is 0 Å². The van der Waals surface area contributed by atoms with E-state index in [2.05, 4.69) is 44.4 Å². The summed E-state index contributed by atoms with van der Waals surface area (Å²) in [7, 11) is 3.41. The largest absolute Gasteiger partial charge is 0.497 e. The Kier molecular flexibility index (Phi) is 5.58. The zero-order chi connectivity index (χ0) is 20.3. The maximum atomic E-state index is 5.52. The molecule has 1 unspecified atom stereocenters. The average molecular weight is 396 g/mol. The number of piperazine rings is 1. The number of para-hydroxylation sites is 2. The lowest BCUT2D eigenvalue weighted by atomic mass is 10.1. The van der Waals surface area contributed by atoms with E-state index in [0.717, 1.165) is 62.0 Å². The highest BCUT2D eigenvalue weighted by atomic mass is 16.5. The standard InChI is InChI=1S/C22H29N5O2/c1-22(23-19-16-17(28-2)8-9-18(19)24-25-22)10-11-26-12-14-27(15-13-26)20-6-4-5-7-21(20)29-3/h4-9,16,23H,10-15H2,1-3H3. The van der Waals surface area contributed by atoms with Crippen LogP contribution in [-0.2, 0) is 0 Å².